The molecule has 0 aromatic carbocycles. The van der Waals surface area contributed by atoms with Gasteiger partial charge in [0, 0.05) is 12.7 Å². The number of carbonyl (C=O) groups excluding carboxylic acids is 1. The molecule has 1 amide bonds. The van der Waals surface area contributed by atoms with Crippen molar-refractivity contribution in [3.63, 3.8) is 0 Å². The van der Waals surface area contributed by atoms with Crippen LogP contribution < -0.4 is 5.32 Å². The van der Waals surface area contributed by atoms with Gasteiger partial charge in [0.25, 0.3) is 5.91 Å². The maximum atomic E-state index is 12.0. The van der Waals surface area contributed by atoms with E-state index in [0.29, 0.717) is 17.9 Å². The van der Waals surface area contributed by atoms with Gasteiger partial charge < -0.3 is 10.4 Å². The van der Waals surface area contributed by atoms with Crippen LogP contribution >= 0.6 is 11.6 Å². The van der Waals surface area contributed by atoms with Crippen LogP contribution in [-0.2, 0) is 4.79 Å². The maximum absolute atomic E-state index is 12.0. The molecule has 21 heavy (non-hydrogen) atoms. The second kappa shape index (κ2) is 6.89. The lowest BCUT2D eigenvalue weighted by molar-refractivity contribution is -0.149. The Balaban J connectivity index is 2.02. The zero-order chi connectivity index (χ0) is 15.3. The Kier molecular flexibility index (Phi) is 5.17. The molecule has 5 nitrogen and oxygen atoms in total. The predicted octanol–water partition coefficient (Wildman–Crippen LogP) is 2.89. The van der Waals surface area contributed by atoms with Crippen molar-refractivity contribution in [1.82, 2.24) is 10.3 Å². The summed E-state index contributed by atoms with van der Waals surface area (Å²) in [7, 11) is 0. The molecule has 1 aromatic rings. The number of pyridine rings is 1. The third kappa shape index (κ3) is 3.94. The highest BCUT2D eigenvalue weighted by Gasteiger charge is 2.38. The summed E-state index contributed by atoms with van der Waals surface area (Å²) < 4.78 is 0. The van der Waals surface area contributed by atoms with E-state index in [1.807, 2.05) is 0 Å². The van der Waals surface area contributed by atoms with E-state index in [1.165, 1.54) is 12.3 Å². The van der Waals surface area contributed by atoms with Crippen LogP contribution in [0.4, 0.5) is 0 Å². The van der Waals surface area contributed by atoms with Crippen LogP contribution in [0.25, 0.3) is 0 Å². The first-order chi connectivity index (χ1) is 10.0. The van der Waals surface area contributed by atoms with E-state index in [2.05, 4.69) is 10.3 Å². The van der Waals surface area contributed by atoms with E-state index in [1.54, 1.807) is 6.07 Å². The van der Waals surface area contributed by atoms with Crippen LogP contribution in [-0.4, -0.2) is 28.5 Å². The Morgan fingerprint density at radius 1 is 1.24 bits per heavy atom. The summed E-state index contributed by atoms with van der Waals surface area (Å²) in [5, 5.41) is 12.7. The van der Waals surface area contributed by atoms with Crippen molar-refractivity contribution in [2.75, 3.05) is 6.54 Å². The topological polar surface area (TPSA) is 79.3 Å². The fourth-order valence-corrected chi connectivity index (χ4v) is 2.83. The Morgan fingerprint density at radius 3 is 2.43 bits per heavy atom. The molecular formula is C15H19ClN2O3. The SMILES string of the molecule is O=C(NCC1(C(=O)O)CCCCCC1)c1ccc(Cl)cn1. The lowest BCUT2D eigenvalue weighted by Crippen LogP contribution is -2.43. The second-order valence-electron chi connectivity index (χ2n) is 5.54. The number of rotatable bonds is 4. The highest BCUT2D eigenvalue weighted by Crippen LogP contribution is 2.34. The molecule has 0 radical (unpaired) electrons. The van der Waals surface area contributed by atoms with Gasteiger partial charge in [-0.05, 0) is 25.0 Å². The number of amides is 1. The molecule has 1 heterocycles. The number of halogens is 1. The van der Waals surface area contributed by atoms with Crippen molar-refractivity contribution in [2.45, 2.75) is 38.5 Å². The van der Waals surface area contributed by atoms with Crippen molar-refractivity contribution < 1.29 is 14.7 Å². The number of aromatic nitrogens is 1. The number of hydrogen-bond donors (Lipinski definition) is 2. The molecule has 0 unspecified atom stereocenters. The van der Waals surface area contributed by atoms with Gasteiger partial charge in [-0.25, -0.2) is 4.98 Å². The number of hydrogen-bond acceptors (Lipinski definition) is 3. The monoisotopic (exact) mass is 310 g/mol. The first-order valence-electron chi connectivity index (χ1n) is 7.17. The minimum atomic E-state index is -0.849. The lowest BCUT2D eigenvalue weighted by Gasteiger charge is -2.28. The molecule has 1 aliphatic rings. The summed E-state index contributed by atoms with van der Waals surface area (Å²) in [5.41, 5.74) is -0.605. The quantitative estimate of drug-likeness (QED) is 0.838. The number of carboxylic acid groups (broad SMARTS) is 1. The van der Waals surface area contributed by atoms with Crippen molar-refractivity contribution in [1.29, 1.82) is 0 Å². The van der Waals surface area contributed by atoms with Crippen LogP contribution in [0.3, 0.4) is 0 Å². The largest absolute Gasteiger partial charge is 0.481 e. The third-order valence-corrected chi connectivity index (χ3v) is 4.29. The average Bonchev–Trinajstić information content (AvgIpc) is 2.72. The fraction of sp³-hybridized carbons (Fsp3) is 0.533. The van der Waals surface area contributed by atoms with Gasteiger partial charge in [-0.2, -0.15) is 0 Å². The molecule has 0 atom stereocenters. The van der Waals surface area contributed by atoms with Crippen LogP contribution in [0.2, 0.25) is 5.02 Å². The van der Waals surface area contributed by atoms with Crippen LogP contribution in [0, 0.1) is 5.41 Å². The normalized spacial score (nSPS) is 17.8. The lowest BCUT2D eigenvalue weighted by atomic mass is 9.80. The number of carboxylic acids is 1. The molecule has 0 aliphatic heterocycles. The number of nitrogens with zero attached hydrogens (tertiary/aromatic N) is 1. The number of nitrogens with one attached hydrogen (secondary N) is 1. The highest BCUT2D eigenvalue weighted by molar-refractivity contribution is 6.30. The molecule has 2 N–H and O–H groups in total. The van der Waals surface area contributed by atoms with E-state index >= 15 is 0 Å². The van der Waals surface area contributed by atoms with Gasteiger partial charge in [0.15, 0.2) is 0 Å². The fourth-order valence-electron chi connectivity index (χ4n) is 2.72. The molecule has 0 bridgehead atoms. The molecular weight excluding hydrogens is 292 g/mol. The minimum Gasteiger partial charge on any atom is -0.481 e. The van der Waals surface area contributed by atoms with E-state index in [4.69, 9.17) is 11.6 Å². The maximum Gasteiger partial charge on any atom is 0.311 e. The van der Waals surface area contributed by atoms with Crippen molar-refractivity contribution in [2.24, 2.45) is 5.41 Å². The van der Waals surface area contributed by atoms with Gasteiger partial charge in [0.1, 0.15) is 5.69 Å². The average molecular weight is 311 g/mol. The zero-order valence-corrected chi connectivity index (χ0v) is 12.5. The van der Waals surface area contributed by atoms with E-state index in [-0.39, 0.29) is 18.1 Å². The molecule has 6 heteroatoms. The van der Waals surface area contributed by atoms with Crippen molar-refractivity contribution in [3.05, 3.63) is 29.0 Å². The third-order valence-electron chi connectivity index (χ3n) is 4.06. The molecule has 1 fully saturated rings. The summed E-state index contributed by atoms with van der Waals surface area (Å²) in [4.78, 5) is 27.6. The zero-order valence-electron chi connectivity index (χ0n) is 11.8. The Hall–Kier alpha value is -1.62. The first-order valence-corrected chi connectivity index (χ1v) is 7.54. The minimum absolute atomic E-state index is 0.144. The molecule has 0 spiro atoms. The van der Waals surface area contributed by atoms with Gasteiger partial charge in [-0.3, -0.25) is 9.59 Å². The summed E-state index contributed by atoms with van der Waals surface area (Å²) in [5.74, 6) is -1.19. The van der Waals surface area contributed by atoms with Crippen molar-refractivity contribution >= 4 is 23.5 Å². The van der Waals surface area contributed by atoms with Gasteiger partial charge in [-0.1, -0.05) is 37.3 Å². The van der Waals surface area contributed by atoms with E-state index in [9.17, 15) is 14.7 Å². The highest BCUT2D eigenvalue weighted by atomic mass is 35.5. The number of carbonyl (C=O) groups is 2. The summed E-state index contributed by atoms with van der Waals surface area (Å²) in [6.45, 7) is 0.144. The predicted molar refractivity (Wildman–Crippen MR) is 79.4 cm³/mol. The number of aliphatic carboxylic acids is 1. The van der Waals surface area contributed by atoms with Crippen LogP contribution in [0.5, 0.6) is 0 Å². The van der Waals surface area contributed by atoms with E-state index in [0.717, 1.165) is 25.7 Å². The van der Waals surface area contributed by atoms with E-state index < -0.39 is 11.4 Å². The van der Waals surface area contributed by atoms with Crippen molar-refractivity contribution in [3.8, 4) is 0 Å². The van der Waals surface area contributed by atoms with Gasteiger partial charge in [-0.15, -0.1) is 0 Å². The summed E-state index contributed by atoms with van der Waals surface area (Å²) in [6.07, 6.45) is 6.51. The molecule has 0 saturated heterocycles. The molecule has 2 rings (SSSR count). The van der Waals surface area contributed by atoms with Gasteiger partial charge in [0.05, 0.1) is 10.4 Å². The second-order valence-corrected chi connectivity index (χ2v) is 5.98. The Bertz CT molecular complexity index is 508. The van der Waals surface area contributed by atoms with Gasteiger partial charge in [0.2, 0.25) is 0 Å². The Labute approximate surface area is 128 Å². The molecule has 1 aromatic heterocycles. The standard InChI is InChI=1S/C15H19ClN2O3/c16-11-5-6-12(17-9-11)13(19)18-10-15(14(20)21)7-3-1-2-4-8-15/h5-6,9H,1-4,7-8,10H2,(H,18,19)(H,20,21). The smallest absolute Gasteiger partial charge is 0.311 e. The first kappa shape index (κ1) is 15.8. The van der Waals surface area contributed by atoms with Gasteiger partial charge >= 0.3 is 5.97 Å². The summed E-state index contributed by atoms with van der Waals surface area (Å²) in [6, 6.07) is 3.11. The summed E-state index contributed by atoms with van der Waals surface area (Å²) >= 11 is 5.73. The van der Waals surface area contributed by atoms with Crippen LogP contribution in [0.15, 0.2) is 18.3 Å². The molecule has 114 valence electrons. The Morgan fingerprint density at radius 2 is 1.90 bits per heavy atom. The molecule has 1 aliphatic carbocycles. The van der Waals surface area contributed by atoms with Crippen LogP contribution in [0.1, 0.15) is 49.0 Å². The molecule has 1 saturated carbocycles.